The molecule has 0 radical (unpaired) electrons. The molecular formula is C54H57ClN12O4. The van der Waals surface area contributed by atoms with Gasteiger partial charge in [-0.15, -0.1) is 11.6 Å². The highest BCUT2D eigenvalue weighted by Gasteiger charge is 2.17. The van der Waals surface area contributed by atoms with Crippen molar-refractivity contribution in [2.24, 2.45) is 11.5 Å². The molecule has 0 atom stereocenters. The summed E-state index contributed by atoms with van der Waals surface area (Å²) in [4.78, 5) is 55.6. The van der Waals surface area contributed by atoms with E-state index in [0.717, 1.165) is 59.8 Å². The van der Waals surface area contributed by atoms with E-state index in [4.69, 9.17) is 37.8 Å². The SMILES string of the molecule is ClCCN1CCCCC1.NC(=O)c1ccccc1Nc1nc(-c2cccnc2)nc2ccc(O)cc12.NC(=O)c1ccccc1Nc1nc(-c2cccnc2)nc2ccc(OCCN3CCCCC3)cc12. The Morgan fingerprint density at radius 3 is 1.58 bits per heavy atom. The number of para-hydroxylation sites is 2. The van der Waals surface area contributed by atoms with E-state index in [1.807, 2.05) is 42.5 Å². The van der Waals surface area contributed by atoms with Gasteiger partial charge in [0.1, 0.15) is 29.7 Å². The lowest BCUT2D eigenvalue weighted by Crippen LogP contribution is -2.33. The summed E-state index contributed by atoms with van der Waals surface area (Å²) in [6, 6.07) is 32.0. The molecule has 2 aliphatic heterocycles. The normalized spacial score (nSPS) is 13.8. The first-order valence-corrected chi connectivity index (χ1v) is 24.3. The summed E-state index contributed by atoms with van der Waals surface area (Å²) < 4.78 is 6.09. The summed E-state index contributed by atoms with van der Waals surface area (Å²) >= 11 is 5.59. The molecular weight excluding hydrogens is 916 g/mol. The fourth-order valence-corrected chi connectivity index (χ4v) is 8.64. The third-order valence-electron chi connectivity index (χ3n) is 12.1. The van der Waals surface area contributed by atoms with E-state index in [1.165, 1.54) is 51.6 Å². The van der Waals surface area contributed by atoms with E-state index in [0.29, 0.717) is 63.3 Å². The third kappa shape index (κ3) is 13.5. The van der Waals surface area contributed by atoms with Crippen LogP contribution < -0.4 is 26.8 Å². The summed E-state index contributed by atoms with van der Waals surface area (Å²) in [7, 11) is 0. The zero-order valence-corrected chi connectivity index (χ0v) is 40.1. The quantitative estimate of drug-likeness (QED) is 0.0641. The summed E-state index contributed by atoms with van der Waals surface area (Å²) in [6.45, 7) is 7.43. The van der Waals surface area contributed by atoms with Crippen molar-refractivity contribution in [2.45, 2.75) is 38.5 Å². The van der Waals surface area contributed by atoms with Crippen molar-refractivity contribution in [1.82, 2.24) is 39.7 Å². The predicted molar refractivity (Wildman–Crippen MR) is 280 cm³/mol. The van der Waals surface area contributed by atoms with E-state index in [2.05, 4.69) is 40.4 Å². The molecule has 0 aliphatic carbocycles. The Morgan fingerprint density at radius 1 is 0.592 bits per heavy atom. The lowest BCUT2D eigenvalue weighted by molar-refractivity contribution is 0.0992. The molecule has 10 rings (SSSR count). The van der Waals surface area contributed by atoms with E-state index in [-0.39, 0.29) is 5.75 Å². The Kier molecular flexibility index (Phi) is 17.2. The number of carbonyl (C=O) groups excluding carboxylic acids is 2. The van der Waals surface area contributed by atoms with Gasteiger partial charge in [0.2, 0.25) is 0 Å². The minimum Gasteiger partial charge on any atom is -0.508 e. The molecule has 4 aromatic carbocycles. The highest BCUT2D eigenvalue weighted by molar-refractivity contribution is 6.18. The Morgan fingerprint density at radius 2 is 1.08 bits per heavy atom. The number of halogens is 1. The van der Waals surface area contributed by atoms with Crippen molar-refractivity contribution >= 4 is 68.2 Å². The second-order valence-electron chi connectivity index (χ2n) is 17.1. The summed E-state index contributed by atoms with van der Waals surface area (Å²) in [5, 5.41) is 17.7. The van der Waals surface area contributed by atoms with Crippen LogP contribution in [0.1, 0.15) is 59.2 Å². The lowest BCUT2D eigenvalue weighted by Gasteiger charge is -2.26. The average molecular weight is 974 g/mol. The number of ether oxygens (including phenoxy) is 1. The molecule has 364 valence electrons. The molecule has 71 heavy (non-hydrogen) atoms. The Hall–Kier alpha value is -7.79. The van der Waals surface area contributed by atoms with Crippen molar-refractivity contribution < 1.29 is 19.4 Å². The predicted octanol–water partition coefficient (Wildman–Crippen LogP) is 9.35. The van der Waals surface area contributed by atoms with Gasteiger partial charge in [0.15, 0.2) is 11.6 Å². The van der Waals surface area contributed by atoms with Crippen LogP contribution in [0.3, 0.4) is 0 Å². The minimum absolute atomic E-state index is 0.0893. The number of nitrogens with two attached hydrogens (primary N) is 2. The number of likely N-dealkylation sites (tertiary alicyclic amines) is 2. The number of phenolic OH excluding ortho intramolecular Hbond substituents is 1. The Balaban J connectivity index is 0.000000166. The highest BCUT2D eigenvalue weighted by atomic mass is 35.5. The third-order valence-corrected chi connectivity index (χ3v) is 12.2. The number of hydrogen-bond acceptors (Lipinski definition) is 14. The first-order valence-electron chi connectivity index (χ1n) is 23.8. The van der Waals surface area contributed by atoms with Gasteiger partial charge in [-0.1, -0.05) is 37.1 Å². The summed E-state index contributed by atoms with van der Waals surface area (Å²) in [5.41, 5.74) is 15.8. The molecule has 7 N–H and O–H groups in total. The van der Waals surface area contributed by atoms with E-state index >= 15 is 0 Å². The number of carbonyl (C=O) groups is 2. The number of rotatable bonds is 14. The lowest BCUT2D eigenvalue weighted by atomic mass is 10.1. The van der Waals surface area contributed by atoms with Gasteiger partial charge in [0.25, 0.3) is 11.8 Å². The summed E-state index contributed by atoms with van der Waals surface area (Å²) in [5.74, 6) is 2.58. The number of amides is 2. The van der Waals surface area contributed by atoms with Crippen molar-refractivity contribution in [3.05, 3.63) is 145 Å². The minimum atomic E-state index is -0.549. The Labute approximate surface area is 417 Å². The van der Waals surface area contributed by atoms with Crippen molar-refractivity contribution in [1.29, 1.82) is 0 Å². The number of phenols is 1. The van der Waals surface area contributed by atoms with Crippen LogP contribution in [0.15, 0.2) is 134 Å². The number of pyridine rings is 2. The van der Waals surface area contributed by atoms with Crippen molar-refractivity contribution in [2.75, 3.05) is 62.4 Å². The van der Waals surface area contributed by atoms with Gasteiger partial charge in [0, 0.05) is 65.7 Å². The van der Waals surface area contributed by atoms with Crippen LogP contribution in [0.4, 0.5) is 23.0 Å². The first kappa shape index (κ1) is 49.6. The number of hydrogen-bond donors (Lipinski definition) is 5. The first-order chi connectivity index (χ1) is 34.7. The number of piperidine rings is 2. The molecule has 6 heterocycles. The monoisotopic (exact) mass is 972 g/mol. The zero-order valence-electron chi connectivity index (χ0n) is 39.4. The standard InChI is InChI=1S/C27H28N6O2.C20H15N5O2.C7H14ClN/c28-25(34)21-8-2-3-9-23(21)31-27-22-17-20(35-16-15-33-13-4-1-5-14-33)10-11-24(22)30-26(32-27)19-7-6-12-29-18-19;21-18(27)14-5-1-2-6-16(14)24-20-15-10-13(26)7-8-17(15)23-19(25-20)12-4-3-9-22-11-12;8-4-7-9-5-2-1-3-6-9/h2-3,6-12,17-18H,1,4-5,13-16H2,(H2,28,34)(H,30,31,32);1-11,26H,(H2,21,27)(H,23,24,25);1-7H2. The highest BCUT2D eigenvalue weighted by Crippen LogP contribution is 2.33. The number of nitrogens with one attached hydrogen (secondary N) is 2. The van der Waals surface area contributed by atoms with Gasteiger partial charge in [0.05, 0.1) is 33.5 Å². The van der Waals surface area contributed by atoms with Crippen LogP contribution in [0.5, 0.6) is 11.5 Å². The van der Waals surface area contributed by atoms with Crippen LogP contribution in [0, 0.1) is 0 Å². The number of benzene rings is 4. The van der Waals surface area contributed by atoms with Gasteiger partial charge in [-0.2, -0.15) is 0 Å². The van der Waals surface area contributed by atoms with E-state index in [9.17, 15) is 14.7 Å². The Bertz CT molecular complexity index is 3040. The van der Waals surface area contributed by atoms with Crippen LogP contribution >= 0.6 is 11.6 Å². The fraction of sp³-hybridized carbons (Fsp3) is 0.259. The molecule has 16 nitrogen and oxygen atoms in total. The summed E-state index contributed by atoms with van der Waals surface area (Å²) in [6.07, 6.45) is 14.8. The second kappa shape index (κ2) is 24.7. The van der Waals surface area contributed by atoms with Crippen molar-refractivity contribution in [3.63, 3.8) is 0 Å². The smallest absolute Gasteiger partial charge is 0.250 e. The molecule has 8 aromatic rings. The van der Waals surface area contributed by atoms with Crippen LogP contribution in [-0.2, 0) is 0 Å². The molecule has 2 aliphatic rings. The molecule has 0 spiro atoms. The van der Waals surface area contributed by atoms with E-state index < -0.39 is 11.8 Å². The molecule has 0 bridgehead atoms. The number of aromatic nitrogens is 6. The number of anilines is 4. The van der Waals surface area contributed by atoms with Gasteiger partial charge in [-0.05, 0) is 137 Å². The molecule has 0 unspecified atom stereocenters. The van der Waals surface area contributed by atoms with E-state index in [1.54, 1.807) is 91.5 Å². The average Bonchev–Trinajstić information content (AvgIpc) is 3.40. The fourth-order valence-electron chi connectivity index (χ4n) is 8.40. The number of aromatic hydroxyl groups is 1. The van der Waals surface area contributed by atoms with Gasteiger partial charge in [-0.3, -0.25) is 24.5 Å². The van der Waals surface area contributed by atoms with Gasteiger partial charge in [-0.25, -0.2) is 19.9 Å². The molecule has 0 saturated carbocycles. The molecule has 17 heteroatoms. The maximum Gasteiger partial charge on any atom is 0.250 e. The molecule has 2 saturated heterocycles. The number of alkyl halides is 1. The van der Waals surface area contributed by atoms with Crippen LogP contribution in [-0.4, -0.2) is 108 Å². The molecule has 4 aromatic heterocycles. The number of nitrogens with zero attached hydrogens (tertiary/aromatic N) is 8. The topological polar surface area (TPSA) is 224 Å². The van der Waals surface area contributed by atoms with Gasteiger partial charge >= 0.3 is 0 Å². The maximum absolute atomic E-state index is 12.0. The molecule has 2 fully saturated rings. The van der Waals surface area contributed by atoms with Gasteiger partial charge < -0.3 is 36.8 Å². The maximum atomic E-state index is 12.0. The number of primary amides is 2. The van der Waals surface area contributed by atoms with Crippen LogP contribution in [0.25, 0.3) is 44.6 Å². The second-order valence-corrected chi connectivity index (χ2v) is 17.4. The van der Waals surface area contributed by atoms with Crippen molar-refractivity contribution in [3.8, 4) is 34.3 Å². The zero-order chi connectivity index (χ0) is 49.4. The molecule has 2 amide bonds. The largest absolute Gasteiger partial charge is 0.508 e. The van der Waals surface area contributed by atoms with Crippen LogP contribution in [0.2, 0.25) is 0 Å². The number of fused-ring (bicyclic) bond motifs is 2.